The second-order valence-corrected chi connectivity index (χ2v) is 3.34. The molecule has 1 rings (SSSR count). The third-order valence-corrected chi connectivity index (χ3v) is 2.42. The molecule has 1 atom stereocenters. The van der Waals surface area contributed by atoms with Gasteiger partial charge >= 0.3 is 6.09 Å². The molecule has 1 amide bonds. The molecule has 76 valence electrons. The lowest BCUT2D eigenvalue weighted by molar-refractivity contribution is 0.0648. The van der Waals surface area contributed by atoms with E-state index in [9.17, 15) is 4.79 Å². The SMILES string of the molecule is C[C@H]1CN(C(=O)O)CCN1CCO. The normalized spacial score (nSPS) is 24.8. The van der Waals surface area contributed by atoms with Gasteiger partial charge in [-0.05, 0) is 6.92 Å². The Labute approximate surface area is 77.6 Å². The van der Waals surface area contributed by atoms with Gasteiger partial charge in [0.05, 0.1) is 6.61 Å². The molecule has 1 fully saturated rings. The molecule has 1 heterocycles. The van der Waals surface area contributed by atoms with E-state index in [0.717, 1.165) is 0 Å². The molecule has 13 heavy (non-hydrogen) atoms. The maximum Gasteiger partial charge on any atom is 0.407 e. The minimum absolute atomic E-state index is 0.136. The van der Waals surface area contributed by atoms with Crippen molar-refractivity contribution in [3.8, 4) is 0 Å². The van der Waals surface area contributed by atoms with Gasteiger partial charge in [0.2, 0.25) is 0 Å². The van der Waals surface area contributed by atoms with Crippen LogP contribution < -0.4 is 0 Å². The highest BCUT2D eigenvalue weighted by Gasteiger charge is 2.25. The Morgan fingerprint density at radius 3 is 2.69 bits per heavy atom. The Bertz CT molecular complexity index is 186. The van der Waals surface area contributed by atoms with Crippen LogP contribution in [-0.2, 0) is 0 Å². The van der Waals surface area contributed by atoms with E-state index in [0.29, 0.717) is 26.2 Å². The summed E-state index contributed by atoms with van der Waals surface area (Å²) in [5.41, 5.74) is 0. The van der Waals surface area contributed by atoms with Gasteiger partial charge in [0.15, 0.2) is 0 Å². The van der Waals surface area contributed by atoms with Crippen molar-refractivity contribution in [1.29, 1.82) is 0 Å². The summed E-state index contributed by atoms with van der Waals surface area (Å²) < 4.78 is 0. The lowest BCUT2D eigenvalue weighted by atomic mass is 10.2. The van der Waals surface area contributed by atoms with Gasteiger partial charge in [-0.15, -0.1) is 0 Å². The minimum atomic E-state index is -0.851. The molecule has 0 radical (unpaired) electrons. The first-order valence-electron chi connectivity index (χ1n) is 4.48. The average Bonchev–Trinajstić information content (AvgIpc) is 2.08. The zero-order chi connectivity index (χ0) is 9.84. The number of hydrogen-bond acceptors (Lipinski definition) is 3. The van der Waals surface area contributed by atoms with E-state index < -0.39 is 6.09 Å². The standard InChI is InChI=1S/C8H16N2O3/c1-7-6-10(8(12)13)3-2-9(7)4-5-11/h7,11H,2-6H2,1H3,(H,12,13)/t7-/m0/s1. The zero-order valence-corrected chi connectivity index (χ0v) is 7.81. The third-order valence-electron chi connectivity index (χ3n) is 2.42. The summed E-state index contributed by atoms with van der Waals surface area (Å²) >= 11 is 0. The first kappa shape index (κ1) is 10.3. The van der Waals surface area contributed by atoms with Gasteiger partial charge < -0.3 is 15.1 Å². The highest BCUT2D eigenvalue weighted by atomic mass is 16.4. The fourth-order valence-corrected chi connectivity index (χ4v) is 1.63. The first-order valence-corrected chi connectivity index (χ1v) is 4.48. The molecule has 1 aliphatic rings. The fraction of sp³-hybridized carbons (Fsp3) is 0.875. The topological polar surface area (TPSA) is 64.0 Å². The van der Waals surface area contributed by atoms with Crippen LogP contribution in [0.3, 0.4) is 0 Å². The highest BCUT2D eigenvalue weighted by molar-refractivity contribution is 5.65. The molecule has 5 nitrogen and oxygen atoms in total. The van der Waals surface area contributed by atoms with Crippen LogP contribution in [0.15, 0.2) is 0 Å². The molecule has 5 heteroatoms. The summed E-state index contributed by atoms with van der Waals surface area (Å²) in [6.07, 6.45) is -0.851. The Hall–Kier alpha value is -0.810. The Balaban J connectivity index is 2.41. The van der Waals surface area contributed by atoms with Gasteiger partial charge in [-0.2, -0.15) is 0 Å². The molecule has 0 aromatic rings. The number of amides is 1. The van der Waals surface area contributed by atoms with Crippen LogP contribution in [0.25, 0.3) is 0 Å². The number of nitrogens with zero attached hydrogens (tertiary/aromatic N) is 2. The monoisotopic (exact) mass is 188 g/mol. The molecule has 0 aliphatic carbocycles. The second-order valence-electron chi connectivity index (χ2n) is 3.34. The smallest absolute Gasteiger partial charge is 0.407 e. The molecule has 0 unspecified atom stereocenters. The van der Waals surface area contributed by atoms with Crippen molar-refractivity contribution in [2.24, 2.45) is 0 Å². The van der Waals surface area contributed by atoms with Crippen molar-refractivity contribution < 1.29 is 15.0 Å². The molecular formula is C8H16N2O3. The summed E-state index contributed by atoms with van der Waals surface area (Å²) in [6.45, 7) is 4.54. The number of rotatable bonds is 2. The van der Waals surface area contributed by atoms with Gasteiger partial charge in [0.25, 0.3) is 0 Å². The number of carbonyl (C=O) groups is 1. The van der Waals surface area contributed by atoms with E-state index in [1.807, 2.05) is 6.92 Å². The third kappa shape index (κ3) is 2.57. The largest absolute Gasteiger partial charge is 0.465 e. The van der Waals surface area contributed by atoms with Crippen molar-refractivity contribution in [2.45, 2.75) is 13.0 Å². The number of aliphatic hydroxyl groups is 1. The number of hydrogen-bond donors (Lipinski definition) is 2. The number of piperazine rings is 1. The summed E-state index contributed by atoms with van der Waals surface area (Å²) in [4.78, 5) is 14.1. The molecule has 0 aromatic heterocycles. The molecule has 0 bridgehead atoms. The van der Waals surface area contributed by atoms with Crippen LogP contribution in [0.5, 0.6) is 0 Å². The van der Waals surface area contributed by atoms with Gasteiger partial charge in [0.1, 0.15) is 0 Å². The van der Waals surface area contributed by atoms with Gasteiger partial charge in [0, 0.05) is 32.2 Å². The van der Waals surface area contributed by atoms with Gasteiger partial charge in [-0.3, -0.25) is 4.90 Å². The molecule has 0 spiro atoms. The molecular weight excluding hydrogens is 172 g/mol. The zero-order valence-electron chi connectivity index (χ0n) is 7.81. The predicted molar refractivity (Wildman–Crippen MR) is 47.7 cm³/mol. The van der Waals surface area contributed by atoms with E-state index in [-0.39, 0.29) is 12.6 Å². The Kier molecular flexibility index (Phi) is 3.50. The van der Waals surface area contributed by atoms with Crippen molar-refractivity contribution in [3.05, 3.63) is 0 Å². The van der Waals surface area contributed by atoms with Crippen LogP contribution in [0.1, 0.15) is 6.92 Å². The Morgan fingerprint density at radius 2 is 2.23 bits per heavy atom. The second kappa shape index (κ2) is 4.43. The van der Waals surface area contributed by atoms with E-state index in [1.54, 1.807) is 0 Å². The summed E-state index contributed by atoms with van der Waals surface area (Å²) in [7, 11) is 0. The lowest BCUT2D eigenvalue weighted by Crippen LogP contribution is -2.53. The average molecular weight is 188 g/mol. The number of β-amino-alcohol motifs (C(OH)–C–C–N with tert-alkyl or cyclic N) is 1. The minimum Gasteiger partial charge on any atom is -0.465 e. The number of carboxylic acid groups (broad SMARTS) is 1. The molecule has 0 aromatic carbocycles. The van der Waals surface area contributed by atoms with Gasteiger partial charge in [-0.1, -0.05) is 0 Å². The van der Waals surface area contributed by atoms with Crippen LogP contribution >= 0.6 is 0 Å². The maximum absolute atomic E-state index is 10.6. The van der Waals surface area contributed by atoms with Crippen LogP contribution in [0, 0.1) is 0 Å². The van der Waals surface area contributed by atoms with Crippen molar-refractivity contribution in [3.63, 3.8) is 0 Å². The summed E-state index contributed by atoms with van der Waals surface area (Å²) in [6, 6.07) is 0.206. The predicted octanol–water partition coefficient (Wildman–Crippen LogP) is -0.337. The number of aliphatic hydroxyl groups excluding tert-OH is 1. The van der Waals surface area contributed by atoms with Crippen molar-refractivity contribution in [2.75, 3.05) is 32.8 Å². The first-order chi connectivity index (χ1) is 6.15. The fourth-order valence-electron chi connectivity index (χ4n) is 1.63. The van der Waals surface area contributed by atoms with E-state index in [4.69, 9.17) is 10.2 Å². The molecule has 0 saturated carbocycles. The molecule has 2 N–H and O–H groups in total. The van der Waals surface area contributed by atoms with Crippen LogP contribution in [0.4, 0.5) is 4.79 Å². The summed E-state index contributed by atoms with van der Waals surface area (Å²) in [5.74, 6) is 0. The lowest BCUT2D eigenvalue weighted by Gasteiger charge is -2.38. The van der Waals surface area contributed by atoms with E-state index in [2.05, 4.69) is 4.90 Å². The van der Waals surface area contributed by atoms with Crippen molar-refractivity contribution >= 4 is 6.09 Å². The Morgan fingerprint density at radius 1 is 1.54 bits per heavy atom. The molecule has 1 aliphatic heterocycles. The maximum atomic E-state index is 10.6. The highest BCUT2D eigenvalue weighted by Crippen LogP contribution is 2.08. The van der Waals surface area contributed by atoms with E-state index >= 15 is 0 Å². The van der Waals surface area contributed by atoms with E-state index in [1.165, 1.54) is 4.90 Å². The quantitative estimate of drug-likeness (QED) is 0.622. The van der Waals surface area contributed by atoms with Crippen molar-refractivity contribution in [1.82, 2.24) is 9.80 Å². The summed E-state index contributed by atoms with van der Waals surface area (Å²) in [5, 5.41) is 17.5. The van der Waals surface area contributed by atoms with Crippen LogP contribution in [-0.4, -0.2) is 64.9 Å². The van der Waals surface area contributed by atoms with Gasteiger partial charge in [-0.25, -0.2) is 4.79 Å². The molecule has 1 saturated heterocycles. The van der Waals surface area contributed by atoms with Crippen LogP contribution in [0.2, 0.25) is 0 Å².